The van der Waals surface area contributed by atoms with Crippen molar-refractivity contribution in [2.24, 2.45) is 25.9 Å². The number of nitrogens with zero attached hydrogens (tertiary/aromatic N) is 6. The summed E-state index contributed by atoms with van der Waals surface area (Å²) < 4.78 is 9.17. The van der Waals surface area contributed by atoms with Crippen molar-refractivity contribution in [1.82, 2.24) is 24.5 Å². The molecular formula is C23H21ClN6O2. The van der Waals surface area contributed by atoms with Crippen molar-refractivity contribution in [2.75, 3.05) is 11.4 Å². The number of aryl methyl sites for hydroxylation is 1. The van der Waals surface area contributed by atoms with Gasteiger partial charge >= 0.3 is 0 Å². The fourth-order valence-corrected chi connectivity index (χ4v) is 4.96. The van der Waals surface area contributed by atoms with E-state index < -0.39 is 0 Å². The maximum atomic E-state index is 12.1. The zero-order chi connectivity index (χ0) is 22.0. The molecule has 6 rings (SSSR count). The van der Waals surface area contributed by atoms with Crippen LogP contribution < -0.4 is 10.5 Å². The summed E-state index contributed by atoms with van der Waals surface area (Å²) in [5, 5.41) is 14.0. The second kappa shape index (κ2) is 7.06. The number of rotatable bonds is 4. The first-order valence-corrected chi connectivity index (χ1v) is 10.9. The van der Waals surface area contributed by atoms with Crippen LogP contribution in [0.4, 0.5) is 5.95 Å². The Morgan fingerprint density at radius 2 is 1.97 bits per heavy atom. The molecule has 0 unspecified atom stereocenters. The summed E-state index contributed by atoms with van der Waals surface area (Å²) in [6.07, 6.45) is 2.92. The third-order valence-electron chi connectivity index (χ3n) is 6.56. The maximum Gasteiger partial charge on any atom is 0.250 e. The zero-order valence-electron chi connectivity index (χ0n) is 17.6. The van der Waals surface area contributed by atoms with E-state index >= 15 is 0 Å². The second-order valence-corrected chi connectivity index (χ2v) is 9.07. The van der Waals surface area contributed by atoms with Gasteiger partial charge in [0.05, 0.1) is 6.04 Å². The van der Waals surface area contributed by atoms with Crippen molar-refractivity contribution in [3.8, 4) is 22.7 Å². The summed E-state index contributed by atoms with van der Waals surface area (Å²) in [7, 11) is 3.66. The van der Waals surface area contributed by atoms with Crippen LogP contribution in [-0.2, 0) is 14.1 Å². The van der Waals surface area contributed by atoms with E-state index in [-0.39, 0.29) is 11.6 Å². The van der Waals surface area contributed by atoms with E-state index in [0.717, 1.165) is 29.3 Å². The van der Waals surface area contributed by atoms with Crippen molar-refractivity contribution in [3.63, 3.8) is 0 Å². The molecule has 1 aliphatic carbocycles. The minimum absolute atomic E-state index is 0.0797. The van der Waals surface area contributed by atoms with Crippen LogP contribution in [-0.4, -0.2) is 31.0 Å². The lowest BCUT2D eigenvalue weighted by molar-refractivity contribution is 0.411. The first-order chi connectivity index (χ1) is 15.5. The fraction of sp³-hybridized carbons (Fsp3) is 0.304. The molecule has 9 heteroatoms. The van der Waals surface area contributed by atoms with E-state index in [0.29, 0.717) is 28.4 Å². The lowest BCUT2D eigenvalue weighted by Crippen LogP contribution is -2.29. The van der Waals surface area contributed by atoms with Crippen LogP contribution in [0, 0.1) is 11.8 Å². The molecule has 1 aromatic carbocycles. The normalized spacial score (nSPS) is 21.7. The van der Waals surface area contributed by atoms with Gasteiger partial charge in [-0.3, -0.25) is 9.36 Å². The van der Waals surface area contributed by atoms with Gasteiger partial charge in [0.15, 0.2) is 11.6 Å². The Morgan fingerprint density at radius 1 is 1.09 bits per heavy atom. The predicted molar refractivity (Wildman–Crippen MR) is 120 cm³/mol. The minimum Gasteiger partial charge on any atom is -0.356 e. The van der Waals surface area contributed by atoms with Crippen LogP contribution in [0.15, 0.2) is 58.0 Å². The van der Waals surface area contributed by atoms with Crippen molar-refractivity contribution < 1.29 is 4.52 Å². The van der Waals surface area contributed by atoms with Crippen molar-refractivity contribution in [2.45, 2.75) is 12.5 Å². The fourth-order valence-electron chi connectivity index (χ4n) is 4.77. The minimum atomic E-state index is -0.0801. The van der Waals surface area contributed by atoms with Gasteiger partial charge in [-0.25, -0.2) is 0 Å². The van der Waals surface area contributed by atoms with Crippen LogP contribution >= 0.6 is 11.6 Å². The molecule has 0 amide bonds. The van der Waals surface area contributed by atoms with Gasteiger partial charge in [-0.15, -0.1) is 10.2 Å². The Bertz CT molecular complexity index is 1390. The molecule has 0 N–H and O–H groups in total. The summed E-state index contributed by atoms with van der Waals surface area (Å²) in [6.45, 7) is 0.900. The zero-order valence-corrected chi connectivity index (χ0v) is 18.4. The standard InChI is InChI=1S/C23H21ClN6O2/c1-28-7-6-14(10-20(28)31)22-25-26-23(29(22)2)30-12-15-9-17(15)21(30)18-11-19(32-27-18)13-4-3-5-16(24)8-13/h3-8,10-11,15,17,21H,9,12H2,1-2H3/t15-,17-,21-/m1/s1. The lowest BCUT2D eigenvalue weighted by atomic mass is 10.1. The van der Waals surface area contributed by atoms with Crippen molar-refractivity contribution >= 4 is 17.5 Å². The van der Waals surface area contributed by atoms with Gasteiger partial charge < -0.3 is 14.0 Å². The molecule has 4 aromatic rings. The Labute approximate surface area is 189 Å². The molecule has 0 spiro atoms. The van der Waals surface area contributed by atoms with Crippen LogP contribution in [0.3, 0.4) is 0 Å². The van der Waals surface area contributed by atoms with Gasteiger partial charge in [-0.1, -0.05) is 28.9 Å². The topological polar surface area (TPSA) is 82.0 Å². The van der Waals surface area contributed by atoms with E-state index in [2.05, 4.69) is 20.3 Å². The van der Waals surface area contributed by atoms with Crippen LogP contribution in [0.25, 0.3) is 22.7 Å². The molecule has 2 aliphatic rings. The number of hydrogen-bond donors (Lipinski definition) is 0. The quantitative estimate of drug-likeness (QED) is 0.473. The third-order valence-corrected chi connectivity index (χ3v) is 6.80. The lowest BCUT2D eigenvalue weighted by Gasteiger charge is -2.26. The molecule has 0 bridgehead atoms. The number of hydrogen-bond acceptors (Lipinski definition) is 6. The second-order valence-electron chi connectivity index (χ2n) is 8.63. The molecule has 1 saturated carbocycles. The SMILES string of the molecule is Cn1c(-c2ccn(C)c(=O)c2)nnc1N1C[C@H]2C[C@H]2[C@@H]1c1cc(-c2cccc(Cl)c2)on1. The molecule has 2 fully saturated rings. The molecule has 0 radical (unpaired) electrons. The van der Waals surface area contributed by atoms with Crippen LogP contribution in [0.1, 0.15) is 18.2 Å². The number of pyridine rings is 1. The summed E-state index contributed by atoms with van der Waals surface area (Å²) >= 11 is 6.14. The highest BCUT2D eigenvalue weighted by Crippen LogP contribution is 2.57. The van der Waals surface area contributed by atoms with Gasteiger partial charge in [0.25, 0.3) is 5.56 Å². The smallest absolute Gasteiger partial charge is 0.250 e. The molecule has 4 heterocycles. The first-order valence-electron chi connectivity index (χ1n) is 10.6. The van der Waals surface area contributed by atoms with E-state index in [9.17, 15) is 4.79 Å². The van der Waals surface area contributed by atoms with Gasteiger partial charge in [0.2, 0.25) is 5.95 Å². The summed E-state index contributed by atoms with van der Waals surface area (Å²) in [5.41, 5.74) is 2.46. The highest BCUT2D eigenvalue weighted by molar-refractivity contribution is 6.30. The Morgan fingerprint density at radius 3 is 2.78 bits per heavy atom. The number of fused-ring (bicyclic) bond motifs is 1. The van der Waals surface area contributed by atoms with Crippen LogP contribution in [0.5, 0.6) is 0 Å². The number of anilines is 1. The number of piperidine rings is 1. The molecule has 1 saturated heterocycles. The Balaban J connectivity index is 1.35. The van der Waals surface area contributed by atoms with Gasteiger partial charge in [0, 0.05) is 55.1 Å². The Hall–Kier alpha value is -3.39. The van der Waals surface area contributed by atoms with Crippen molar-refractivity contribution in [3.05, 3.63) is 69.7 Å². The number of aromatic nitrogens is 5. The summed E-state index contributed by atoms with van der Waals surface area (Å²) in [6, 6.07) is 13.1. The van der Waals surface area contributed by atoms with Crippen LogP contribution in [0.2, 0.25) is 5.02 Å². The van der Waals surface area contributed by atoms with Gasteiger partial charge in [-0.05, 0) is 36.5 Å². The van der Waals surface area contributed by atoms with E-state index in [1.165, 1.54) is 11.0 Å². The molecule has 162 valence electrons. The summed E-state index contributed by atoms with van der Waals surface area (Å²) in [5.74, 6) is 3.28. The maximum absolute atomic E-state index is 12.1. The predicted octanol–water partition coefficient (Wildman–Crippen LogP) is 3.69. The molecule has 8 nitrogen and oxygen atoms in total. The third kappa shape index (κ3) is 3.05. The molecule has 1 aliphatic heterocycles. The van der Waals surface area contributed by atoms with Gasteiger partial charge in [-0.2, -0.15) is 0 Å². The first kappa shape index (κ1) is 19.3. The highest BCUT2D eigenvalue weighted by Gasteiger charge is 2.55. The average molecular weight is 449 g/mol. The van der Waals surface area contributed by atoms with E-state index in [4.69, 9.17) is 16.1 Å². The average Bonchev–Trinajstić information content (AvgIpc) is 3.11. The largest absolute Gasteiger partial charge is 0.356 e. The molecule has 3 atom stereocenters. The number of benzene rings is 1. The number of halogens is 1. The Kier molecular flexibility index (Phi) is 4.26. The highest BCUT2D eigenvalue weighted by atomic mass is 35.5. The summed E-state index contributed by atoms with van der Waals surface area (Å²) in [4.78, 5) is 14.3. The van der Waals surface area contributed by atoms with E-state index in [1.807, 2.05) is 48.0 Å². The van der Waals surface area contributed by atoms with E-state index in [1.54, 1.807) is 19.3 Å². The van der Waals surface area contributed by atoms with Crippen molar-refractivity contribution in [1.29, 1.82) is 0 Å². The molecule has 32 heavy (non-hydrogen) atoms. The molecule has 3 aromatic heterocycles. The molecular weight excluding hydrogens is 428 g/mol. The van der Waals surface area contributed by atoms with Gasteiger partial charge in [0.1, 0.15) is 5.69 Å². The monoisotopic (exact) mass is 448 g/mol.